The van der Waals surface area contributed by atoms with Gasteiger partial charge in [0.05, 0.1) is 6.54 Å². The average molecular weight is 233 g/mol. The number of piperidine rings is 1. The lowest BCUT2D eigenvalue weighted by molar-refractivity contribution is 0.0909. The fourth-order valence-electron chi connectivity index (χ4n) is 2.11. The van der Waals surface area contributed by atoms with E-state index in [9.17, 15) is 4.79 Å². The first-order valence-corrected chi connectivity index (χ1v) is 6.08. The van der Waals surface area contributed by atoms with Gasteiger partial charge in [-0.15, -0.1) is 0 Å². The van der Waals surface area contributed by atoms with Gasteiger partial charge in [-0.05, 0) is 31.4 Å². The van der Waals surface area contributed by atoms with Crippen molar-refractivity contribution in [1.29, 1.82) is 0 Å². The highest BCUT2D eigenvalue weighted by atomic mass is 16.1. The number of hydrogen-bond donors (Lipinski definition) is 1. The van der Waals surface area contributed by atoms with Crippen molar-refractivity contribution in [2.24, 2.45) is 5.73 Å². The van der Waals surface area contributed by atoms with E-state index in [1.54, 1.807) is 12.4 Å². The van der Waals surface area contributed by atoms with Crippen molar-refractivity contribution in [3.63, 3.8) is 0 Å². The SMILES string of the molecule is Cc1cncc(C(=O)CN2CCC(N)CC2)c1. The summed E-state index contributed by atoms with van der Waals surface area (Å²) in [6.07, 6.45) is 5.38. The van der Waals surface area contributed by atoms with Gasteiger partial charge in [-0.2, -0.15) is 0 Å². The minimum Gasteiger partial charge on any atom is -0.328 e. The molecule has 0 bridgehead atoms. The Morgan fingerprint density at radius 1 is 1.47 bits per heavy atom. The van der Waals surface area contributed by atoms with Crippen molar-refractivity contribution in [1.82, 2.24) is 9.88 Å². The van der Waals surface area contributed by atoms with Crippen LogP contribution in [-0.2, 0) is 0 Å². The number of rotatable bonds is 3. The molecule has 0 spiro atoms. The van der Waals surface area contributed by atoms with Crippen LogP contribution in [-0.4, -0.2) is 41.3 Å². The molecular weight excluding hydrogens is 214 g/mol. The summed E-state index contributed by atoms with van der Waals surface area (Å²) < 4.78 is 0. The van der Waals surface area contributed by atoms with E-state index in [0.717, 1.165) is 31.5 Å². The predicted molar refractivity (Wildman–Crippen MR) is 67.0 cm³/mol. The van der Waals surface area contributed by atoms with Gasteiger partial charge in [-0.1, -0.05) is 0 Å². The van der Waals surface area contributed by atoms with Crippen LogP contribution < -0.4 is 5.73 Å². The Kier molecular flexibility index (Phi) is 3.86. The maximum absolute atomic E-state index is 12.0. The second-order valence-corrected chi connectivity index (χ2v) is 4.79. The van der Waals surface area contributed by atoms with Crippen LogP contribution in [0.1, 0.15) is 28.8 Å². The van der Waals surface area contributed by atoms with Crippen molar-refractivity contribution in [2.45, 2.75) is 25.8 Å². The van der Waals surface area contributed by atoms with E-state index in [-0.39, 0.29) is 5.78 Å². The second kappa shape index (κ2) is 5.38. The molecule has 1 fully saturated rings. The molecule has 0 radical (unpaired) electrons. The Hall–Kier alpha value is -1.26. The highest BCUT2D eigenvalue weighted by Crippen LogP contribution is 2.10. The maximum Gasteiger partial charge on any atom is 0.178 e. The predicted octanol–water partition coefficient (Wildman–Crippen LogP) is 0.996. The molecule has 4 nitrogen and oxygen atoms in total. The van der Waals surface area contributed by atoms with Crippen LogP contribution in [0.5, 0.6) is 0 Å². The van der Waals surface area contributed by atoms with Crippen LogP contribution in [0, 0.1) is 6.92 Å². The third-order valence-corrected chi connectivity index (χ3v) is 3.20. The van der Waals surface area contributed by atoms with Crippen LogP contribution in [0.15, 0.2) is 18.5 Å². The summed E-state index contributed by atoms with van der Waals surface area (Å²) in [4.78, 5) is 18.3. The third-order valence-electron chi connectivity index (χ3n) is 3.20. The number of hydrogen-bond acceptors (Lipinski definition) is 4. The molecule has 1 aliphatic rings. The number of nitrogens with two attached hydrogens (primary N) is 1. The standard InChI is InChI=1S/C13H19N3O/c1-10-6-11(8-15-7-10)13(17)9-16-4-2-12(14)3-5-16/h6-8,12H,2-5,9,14H2,1H3. The topological polar surface area (TPSA) is 59.2 Å². The molecule has 4 heteroatoms. The number of aromatic nitrogens is 1. The molecule has 0 aliphatic carbocycles. The van der Waals surface area contributed by atoms with Crippen LogP contribution in [0.4, 0.5) is 0 Å². The highest BCUT2D eigenvalue weighted by molar-refractivity contribution is 5.97. The minimum atomic E-state index is 0.150. The number of nitrogens with zero attached hydrogens (tertiary/aromatic N) is 2. The average Bonchev–Trinajstić information content (AvgIpc) is 2.32. The van der Waals surface area contributed by atoms with Gasteiger partial charge in [0.2, 0.25) is 0 Å². The number of ketones is 1. The van der Waals surface area contributed by atoms with Crippen molar-refractivity contribution in [3.8, 4) is 0 Å². The first-order valence-electron chi connectivity index (χ1n) is 6.08. The molecule has 17 heavy (non-hydrogen) atoms. The van der Waals surface area contributed by atoms with Crippen molar-refractivity contribution in [3.05, 3.63) is 29.6 Å². The fourth-order valence-corrected chi connectivity index (χ4v) is 2.11. The van der Waals surface area contributed by atoms with E-state index in [2.05, 4.69) is 9.88 Å². The summed E-state index contributed by atoms with van der Waals surface area (Å²) in [5.41, 5.74) is 7.57. The largest absolute Gasteiger partial charge is 0.328 e. The number of carbonyl (C=O) groups excluding carboxylic acids is 1. The molecule has 92 valence electrons. The second-order valence-electron chi connectivity index (χ2n) is 4.79. The van der Waals surface area contributed by atoms with Gasteiger partial charge in [0, 0.05) is 37.1 Å². The highest BCUT2D eigenvalue weighted by Gasteiger charge is 2.18. The van der Waals surface area contributed by atoms with E-state index < -0.39 is 0 Å². The number of Topliss-reactive ketones (excluding diaryl/α,β-unsaturated/α-hetero) is 1. The normalized spacial score (nSPS) is 18.2. The summed E-state index contributed by atoms with van der Waals surface area (Å²) in [5, 5.41) is 0. The molecule has 2 heterocycles. The van der Waals surface area contributed by atoms with Gasteiger partial charge in [0.1, 0.15) is 0 Å². The Balaban J connectivity index is 1.93. The van der Waals surface area contributed by atoms with Crippen molar-refractivity contribution < 1.29 is 4.79 Å². The molecule has 2 rings (SSSR count). The van der Waals surface area contributed by atoms with Gasteiger partial charge in [0.15, 0.2) is 5.78 Å². The molecule has 0 saturated carbocycles. The zero-order chi connectivity index (χ0) is 12.3. The van der Waals surface area contributed by atoms with E-state index in [4.69, 9.17) is 5.73 Å². The molecule has 0 unspecified atom stereocenters. The van der Waals surface area contributed by atoms with Gasteiger partial charge < -0.3 is 5.73 Å². The summed E-state index contributed by atoms with van der Waals surface area (Å²) in [7, 11) is 0. The summed E-state index contributed by atoms with van der Waals surface area (Å²) in [5.74, 6) is 0.150. The Morgan fingerprint density at radius 3 is 2.82 bits per heavy atom. The molecule has 1 saturated heterocycles. The molecule has 0 amide bonds. The minimum absolute atomic E-state index is 0.150. The lowest BCUT2D eigenvalue weighted by atomic mass is 10.0. The Bertz CT molecular complexity index is 397. The summed E-state index contributed by atoms with van der Waals surface area (Å²) >= 11 is 0. The van der Waals surface area contributed by atoms with Gasteiger partial charge in [-0.3, -0.25) is 14.7 Å². The lowest BCUT2D eigenvalue weighted by Crippen LogP contribution is -2.41. The van der Waals surface area contributed by atoms with Gasteiger partial charge in [0.25, 0.3) is 0 Å². The molecule has 2 N–H and O–H groups in total. The Labute approximate surface area is 102 Å². The van der Waals surface area contributed by atoms with Crippen LogP contribution in [0.3, 0.4) is 0 Å². The third kappa shape index (κ3) is 3.35. The molecule has 1 aliphatic heterocycles. The Morgan fingerprint density at radius 2 is 2.18 bits per heavy atom. The molecule has 1 aromatic rings. The molecule has 1 aromatic heterocycles. The quantitative estimate of drug-likeness (QED) is 0.791. The number of pyridine rings is 1. The van der Waals surface area contributed by atoms with E-state index >= 15 is 0 Å². The zero-order valence-corrected chi connectivity index (χ0v) is 10.2. The van der Waals surface area contributed by atoms with Crippen molar-refractivity contribution in [2.75, 3.05) is 19.6 Å². The van der Waals surface area contributed by atoms with E-state index in [1.165, 1.54) is 0 Å². The molecular formula is C13H19N3O. The first-order chi connectivity index (χ1) is 8.15. The maximum atomic E-state index is 12.0. The van der Waals surface area contributed by atoms with Gasteiger partial charge >= 0.3 is 0 Å². The summed E-state index contributed by atoms with van der Waals surface area (Å²) in [6.45, 7) is 4.28. The van der Waals surface area contributed by atoms with E-state index in [1.807, 2.05) is 13.0 Å². The van der Waals surface area contributed by atoms with Crippen LogP contribution in [0.2, 0.25) is 0 Å². The molecule has 0 atom stereocenters. The molecule has 0 aromatic carbocycles. The number of carbonyl (C=O) groups is 1. The smallest absolute Gasteiger partial charge is 0.178 e. The number of aryl methyl sites for hydroxylation is 1. The monoisotopic (exact) mass is 233 g/mol. The summed E-state index contributed by atoms with van der Waals surface area (Å²) in [6, 6.07) is 2.20. The lowest BCUT2D eigenvalue weighted by Gasteiger charge is -2.29. The van der Waals surface area contributed by atoms with Crippen LogP contribution >= 0.6 is 0 Å². The zero-order valence-electron chi connectivity index (χ0n) is 10.2. The van der Waals surface area contributed by atoms with E-state index in [0.29, 0.717) is 18.2 Å². The van der Waals surface area contributed by atoms with Crippen molar-refractivity contribution >= 4 is 5.78 Å². The fraction of sp³-hybridized carbons (Fsp3) is 0.538. The first kappa shape index (κ1) is 12.2. The van der Waals surface area contributed by atoms with Crippen LogP contribution in [0.25, 0.3) is 0 Å². The van der Waals surface area contributed by atoms with Gasteiger partial charge in [-0.25, -0.2) is 0 Å². The number of likely N-dealkylation sites (tertiary alicyclic amines) is 1.